The molecule has 0 saturated carbocycles. The monoisotopic (exact) mass is 652 g/mol. The van der Waals surface area contributed by atoms with Gasteiger partial charge in [-0.15, -0.1) is 11.3 Å². The van der Waals surface area contributed by atoms with E-state index >= 15 is 4.39 Å². The highest BCUT2D eigenvalue weighted by molar-refractivity contribution is 7.23. The third-order valence-electron chi connectivity index (χ3n) is 8.30. The van der Waals surface area contributed by atoms with Crippen molar-refractivity contribution in [3.63, 3.8) is 0 Å². The van der Waals surface area contributed by atoms with Crippen molar-refractivity contribution in [1.82, 2.24) is 14.9 Å². The Labute approximate surface area is 258 Å². The van der Waals surface area contributed by atoms with Crippen LogP contribution in [0.1, 0.15) is 37.3 Å². The van der Waals surface area contributed by atoms with Crippen LogP contribution < -0.4 is 15.4 Å². The van der Waals surface area contributed by atoms with Crippen LogP contribution in [0.4, 0.5) is 37.2 Å². The largest absolute Gasteiger partial charge is 0.467 e. The van der Waals surface area contributed by atoms with Gasteiger partial charge < -0.3 is 20.5 Å². The first kappa shape index (κ1) is 32.5. The highest BCUT2D eigenvalue weighted by Crippen LogP contribution is 2.48. The molecule has 2 fully saturated rings. The molecule has 3 unspecified atom stereocenters. The van der Waals surface area contributed by atoms with Crippen LogP contribution in [0.15, 0.2) is 18.2 Å². The van der Waals surface area contributed by atoms with Gasteiger partial charge in [0.2, 0.25) is 0 Å². The lowest BCUT2D eigenvalue weighted by Gasteiger charge is -2.26. The molecular weight excluding hydrogens is 622 g/mol. The normalized spacial score (nSPS) is 18.9. The van der Waals surface area contributed by atoms with E-state index in [0.717, 1.165) is 25.1 Å². The van der Waals surface area contributed by atoms with Gasteiger partial charge in [-0.05, 0) is 50.4 Å². The molecule has 2 aromatic carbocycles. The third-order valence-corrected chi connectivity index (χ3v) is 9.32. The summed E-state index contributed by atoms with van der Waals surface area (Å²) in [6.45, 7) is 3.09. The van der Waals surface area contributed by atoms with E-state index in [0.29, 0.717) is 30.0 Å². The lowest BCUT2D eigenvalue weighted by Crippen LogP contribution is -2.33. The van der Waals surface area contributed by atoms with Crippen LogP contribution in [0, 0.1) is 23.0 Å². The molecule has 4 aromatic rings. The van der Waals surface area contributed by atoms with Crippen molar-refractivity contribution in [1.29, 1.82) is 5.26 Å². The number of nitrogens with two attached hydrogens (primary N) is 1. The Hall–Kier alpha value is -3.87. The molecule has 45 heavy (non-hydrogen) atoms. The van der Waals surface area contributed by atoms with Crippen LogP contribution in [0.2, 0.25) is 0 Å². The number of methoxy groups -OCH3 is 1. The van der Waals surface area contributed by atoms with Crippen molar-refractivity contribution in [3.8, 4) is 23.2 Å². The minimum absolute atomic E-state index is 0.101. The summed E-state index contributed by atoms with van der Waals surface area (Å²) in [4.78, 5) is 11.7. The number of aliphatic hydroxyl groups excluding tert-OH is 1. The van der Waals surface area contributed by atoms with E-state index in [-0.39, 0.29) is 50.0 Å². The Morgan fingerprint density at radius 2 is 2.02 bits per heavy atom. The fraction of sp³-hybridized carbons (Fsp3) is 0.433. The molecule has 0 radical (unpaired) electrons. The number of anilines is 2. The fourth-order valence-electron chi connectivity index (χ4n) is 5.90. The van der Waals surface area contributed by atoms with Gasteiger partial charge >= 0.3 is 12.2 Å². The van der Waals surface area contributed by atoms with Crippen LogP contribution in [0.3, 0.4) is 0 Å². The second-order valence-electron chi connectivity index (χ2n) is 11.1. The summed E-state index contributed by atoms with van der Waals surface area (Å²) < 4.78 is 91.2. The van der Waals surface area contributed by atoms with E-state index in [1.54, 1.807) is 13.0 Å². The first-order valence-corrected chi connectivity index (χ1v) is 14.9. The molecule has 2 aliphatic heterocycles. The van der Waals surface area contributed by atoms with Crippen LogP contribution in [0.5, 0.6) is 6.01 Å². The molecular formula is C30H30F6N6O2S. The molecule has 2 aromatic heterocycles. The van der Waals surface area contributed by atoms with Crippen LogP contribution in [-0.4, -0.2) is 72.1 Å². The van der Waals surface area contributed by atoms with Gasteiger partial charge in [-0.25, -0.2) is 13.2 Å². The van der Waals surface area contributed by atoms with Gasteiger partial charge in [-0.2, -0.15) is 28.4 Å². The van der Waals surface area contributed by atoms with E-state index in [2.05, 4.69) is 14.9 Å². The zero-order chi connectivity index (χ0) is 32.8. The van der Waals surface area contributed by atoms with Crippen molar-refractivity contribution in [2.75, 3.05) is 44.5 Å². The maximum Gasteiger partial charge on any atom is 0.417 e. The minimum atomic E-state index is -5.06. The molecule has 6 rings (SSSR count). The number of ether oxygens (including phenoxy) is 1. The Bertz CT molecular complexity index is 1780. The number of nitriles is 1. The number of hydrogen-bond acceptors (Lipinski definition) is 9. The fourth-order valence-corrected chi connectivity index (χ4v) is 6.85. The maximum absolute atomic E-state index is 16.1. The number of alkyl halides is 4. The summed E-state index contributed by atoms with van der Waals surface area (Å²) >= 11 is 0.680. The summed E-state index contributed by atoms with van der Waals surface area (Å²) in [6, 6.07) is 4.03. The first-order chi connectivity index (χ1) is 21.3. The predicted octanol–water partition coefficient (Wildman–Crippen LogP) is 6.28. The van der Waals surface area contributed by atoms with Gasteiger partial charge in [-0.1, -0.05) is 6.07 Å². The van der Waals surface area contributed by atoms with Crippen LogP contribution >= 0.6 is 11.3 Å². The maximum atomic E-state index is 16.1. The highest BCUT2D eigenvalue weighted by Gasteiger charge is 2.39. The number of likely N-dealkylation sites (N-methyl/N-ethyl adjacent to an activating group) is 1. The van der Waals surface area contributed by atoms with Crippen molar-refractivity contribution in [2.45, 2.75) is 50.6 Å². The van der Waals surface area contributed by atoms with Gasteiger partial charge in [0.1, 0.15) is 34.4 Å². The van der Waals surface area contributed by atoms with Gasteiger partial charge in [0.25, 0.3) is 0 Å². The molecule has 15 heteroatoms. The number of halogens is 6. The molecule has 0 bridgehead atoms. The quantitative estimate of drug-likeness (QED) is 0.243. The van der Waals surface area contributed by atoms with Gasteiger partial charge in [0.15, 0.2) is 5.82 Å². The standard InChI is InChI=1S/C23H18F5N5O2S.C7H12FN/c1-9(8-34)33(2)21-11-6-13(23(26,27)28)16(17(25)18(11)31-22(32-21)35-3)10-4-5-14(24)19-15(10)12(7-29)20(30)36-19;8-6-4-7-2-1-3-9(7)5-6/h4-6,9,34H,8,30H2,1-3H3;6-7H,1-5H2. The van der Waals surface area contributed by atoms with E-state index in [9.17, 15) is 32.3 Å². The van der Waals surface area contributed by atoms with Crippen molar-refractivity contribution in [3.05, 3.63) is 41.0 Å². The molecule has 3 atom stereocenters. The van der Waals surface area contributed by atoms with E-state index in [4.69, 9.17) is 10.5 Å². The van der Waals surface area contributed by atoms with Crippen LogP contribution in [0.25, 0.3) is 32.1 Å². The number of hydrogen-bond donors (Lipinski definition) is 2. The number of thiophene rings is 1. The zero-order valence-corrected chi connectivity index (χ0v) is 25.4. The predicted molar refractivity (Wildman–Crippen MR) is 160 cm³/mol. The molecule has 2 saturated heterocycles. The average Bonchev–Trinajstić information content (AvgIpc) is 3.69. The molecule has 2 aliphatic rings. The Morgan fingerprint density at radius 1 is 1.29 bits per heavy atom. The summed E-state index contributed by atoms with van der Waals surface area (Å²) in [6.07, 6.45) is -2.24. The number of aliphatic hydroxyl groups is 1. The number of aromatic nitrogens is 2. The van der Waals surface area contributed by atoms with E-state index < -0.39 is 46.7 Å². The minimum Gasteiger partial charge on any atom is -0.467 e. The van der Waals surface area contributed by atoms with Crippen LogP contribution in [-0.2, 0) is 6.18 Å². The van der Waals surface area contributed by atoms with Gasteiger partial charge in [-0.3, -0.25) is 4.90 Å². The molecule has 8 nitrogen and oxygen atoms in total. The second kappa shape index (κ2) is 12.5. The summed E-state index contributed by atoms with van der Waals surface area (Å²) in [5.74, 6) is -2.28. The molecule has 240 valence electrons. The molecule has 4 heterocycles. The topological polar surface area (TPSA) is 112 Å². The SMILES string of the molecule is COc1nc(N(C)C(C)CO)c2cc(C(F)(F)F)c(-c3ccc(F)c4sc(N)c(C#N)c34)c(F)c2n1.FC1CC2CCCN2C1. The third kappa shape index (κ3) is 5.94. The lowest BCUT2D eigenvalue weighted by molar-refractivity contribution is -0.137. The van der Waals surface area contributed by atoms with E-state index in [1.807, 2.05) is 0 Å². The summed E-state index contributed by atoms with van der Waals surface area (Å²) in [5, 5.41) is 18.5. The highest BCUT2D eigenvalue weighted by atomic mass is 32.1. The first-order valence-electron chi connectivity index (χ1n) is 14.1. The number of nitrogens with zero attached hydrogens (tertiary/aromatic N) is 5. The number of nitrogen functional groups attached to an aromatic ring is 1. The smallest absolute Gasteiger partial charge is 0.417 e. The lowest BCUT2D eigenvalue weighted by atomic mass is 9.92. The second-order valence-corrected chi connectivity index (χ2v) is 12.1. The summed E-state index contributed by atoms with van der Waals surface area (Å²) in [7, 11) is 2.68. The Morgan fingerprint density at radius 3 is 2.64 bits per heavy atom. The average molecular weight is 653 g/mol. The van der Waals surface area contributed by atoms with Gasteiger partial charge in [0, 0.05) is 36.0 Å². The molecule has 0 spiro atoms. The van der Waals surface area contributed by atoms with Crippen molar-refractivity contribution in [2.24, 2.45) is 0 Å². The molecule has 0 amide bonds. The van der Waals surface area contributed by atoms with Gasteiger partial charge in [0.05, 0.1) is 35.6 Å². The van der Waals surface area contributed by atoms with E-state index in [1.165, 1.54) is 31.9 Å². The van der Waals surface area contributed by atoms with Crippen molar-refractivity contribution < 1.29 is 36.2 Å². The number of benzene rings is 2. The molecule has 3 N–H and O–H groups in total. The Balaban J connectivity index is 0.000000377. The van der Waals surface area contributed by atoms with Crippen molar-refractivity contribution >= 4 is 43.1 Å². The number of rotatable bonds is 5. The number of fused-ring (bicyclic) bond motifs is 3. The molecule has 0 aliphatic carbocycles. The zero-order valence-electron chi connectivity index (χ0n) is 24.6. The Kier molecular flexibility index (Phi) is 9.03. The summed E-state index contributed by atoms with van der Waals surface area (Å²) in [5.41, 5.74) is 2.41.